The van der Waals surface area contributed by atoms with E-state index in [-0.39, 0.29) is 0 Å². The van der Waals surface area contributed by atoms with Gasteiger partial charge in [-0.05, 0) is 30.5 Å². The number of nitrogens with zero attached hydrogens (tertiary/aromatic N) is 1. The molecule has 1 saturated carbocycles. The molecule has 1 aromatic carbocycles. The Kier molecular flexibility index (Phi) is 4.42. The smallest absolute Gasteiger partial charge is 0.142 e. The summed E-state index contributed by atoms with van der Waals surface area (Å²) < 4.78 is 5.14. The van der Waals surface area contributed by atoms with Crippen molar-refractivity contribution in [3.05, 3.63) is 29.8 Å². The Bertz CT molecular complexity index is 370. The third kappa shape index (κ3) is 3.77. The van der Waals surface area contributed by atoms with Crippen LogP contribution < -0.4 is 4.74 Å². The summed E-state index contributed by atoms with van der Waals surface area (Å²) in [6.07, 6.45) is 8.04. The van der Waals surface area contributed by atoms with Gasteiger partial charge in [-0.3, -0.25) is 0 Å². The Balaban J connectivity index is 1.76. The molecule has 1 aliphatic rings. The van der Waals surface area contributed by atoms with Gasteiger partial charge in [-0.1, -0.05) is 30.1 Å². The van der Waals surface area contributed by atoms with E-state index in [9.17, 15) is 0 Å². The second-order valence-corrected chi connectivity index (χ2v) is 4.33. The van der Waals surface area contributed by atoms with Gasteiger partial charge < -0.3 is 9.57 Å². The average Bonchev–Trinajstić information content (AvgIpc) is 2.88. The number of methoxy groups -OCH3 is 1. The minimum Gasteiger partial charge on any atom is -0.497 e. The molecule has 0 N–H and O–H groups in total. The summed E-state index contributed by atoms with van der Waals surface area (Å²) in [6.45, 7) is 0.469. The van der Waals surface area contributed by atoms with Crippen molar-refractivity contribution in [3.8, 4) is 5.75 Å². The topological polar surface area (TPSA) is 30.8 Å². The van der Waals surface area contributed by atoms with Crippen molar-refractivity contribution in [2.45, 2.75) is 32.3 Å². The molecule has 0 heterocycles. The van der Waals surface area contributed by atoms with Gasteiger partial charge in [0.1, 0.15) is 18.6 Å². The van der Waals surface area contributed by atoms with Gasteiger partial charge in [0.2, 0.25) is 0 Å². The van der Waals surface area contributed by atoms with E-state index in [1.165, 1.54) is 25.7 Å². The van der Waals surface area contributed by atoms with Gasteiger partial charge in [0.25, 0.3) is 0 Å². The highest BCUT2D eigenvalue weighted by Gasteiger charge is 2.12. The van der Waals surface area contributed by atoms with Crippen LogP contribution in [0.25, 0.3) is 0 Å². The van der Waals surface area contributed by atoms with Crippen LogP contribution in [0.2, 0.25) is 0 Å². The quantitative estimate of drug-likeness (QED) is 0.576. The number of rotatable bonds is 5. The average molecular weight is 232 g/mol. The zero-order chi connectivity index (χ0) is 11.9. The first kappa shape index (κ1) is 12.0. The van der Waals surface area contributed by atoms with E-state index in [0.29, 0.717) is 12.5 Å². The number of hydrogen-bond acceptors (Lipinski definition) is 3. The molecule has 2 rings (SSSR count). The van der Waals surface area contributed by atoms with E-state index in [1.54, 1.807) is 7.11 Å². The summed E-state index contributed by atoms with van der Waals surface area (Å²) in [4.78, 5) is 5.24. The minimum atomic E-state index is 0.469. The maximum Gasteiger partial charge on any atom is 0.142 e. The standard InChI is InChI=1S/C14H18NO2/c1-16-14-8-4-7-13(9-14)11-17-15-10-12-5-2-3-6-12/h4,7-9,12H,2-3,5-6,11H2,1H3. The molecule has 3 heteroatoms. The highest BCUT2D eigenvalue weighted by molar-refractivity contribution is 5.60. The van der Waals surface area contributed by atoms with Gasteiger partial charge >= 0.3 is 0 Å². The number of ether oxygens (including phenoxy) is 1. The van der Waals surface area contributed by atoms with Crippen LogP contribution in [0.5, 0.6) is 5.75 Å². The molecule has 17 heavy (non-hydrogen) atoms. The van der Waals surface area contributed by atoms with E-state index >= 15 is 0 Å². The molecule has 0 atom stereocenters. The van der Waals surface area contributed by atoms with Gasteiger partial charge in [-0.15, -0.1) is 0 Å². The zero-order valence-corrected chi connectivity index (χ0v) is 10.2. The van der Waals surface area contributed by atoms with Crippen LogP contribution in [0, 0.1) is 5.92 Å². The number of benzene rings is 1. The van der Waals surface area contributed by atoms with E-state index in [2.05, 4.69) is 11.4 Å². The van der Waals surface area contributed by atoms with Crippen LogP contribution >= 0.6 is 0 Å². The molecular formula is C14H18NO2. The van der Waals surface area contributed by atoms with Crippen molar-refractivity contribution in [1.29, 1.82) is 0 Å². The second kappa shape index (κ2) is 6.28. The Labute approximate surface area is 102 Å². The van der Waals surface area contributed by atoms with Gasteiger partial charge in [0.05, 0.1) is 7.11 Å². The lowest BCUT2D eigenvalue weighted by atomic mass is 10.1. The number of hydrogen-bond donors (Lipinski definition) is 0. The largest absolute Gasteiger partial charge is 0.497 e. The van der Waals surface area contributed by atoms with E-state index in [4.69, 9.17) is 9.57 Å². The summed E-state index contributed by atoms with van der Waals surface area (Å²) in [5, 5.41) is 3.91. The van der Waals surface area contributed by atoms with Crippen molar-refractivity contribution in [2.24, 2.45) is 11.1 Å². The molecule has 0 bridgehead atoms. The SMILES string of the molecule is COc1cccc(CO/N=[C]\C2CCCC2)c1. The third-order valence-electron chi connectivity index (χ3n) is 3.02. The first-order valence-electron chi connectivity index (χ1n) is 6.09. The van der Waals surface area contributed by atoms with Crippen molar-refractivity contribution in [2.75, 3.05) is 7.11 Å². The Morgan fingerprint density at radius 2 is 2.18 bits per heavy atom. The Morgan fingerprint density at radius 3 is 2.94 bits per heavy atom. The molecule has 0 amide bonds. The first-order valence-corrected chi connectivity index (χ1v) is 6.09. The van der Waals surface area contributed by atoms with Crippen molar-refractivity contribution in [1.82, 2.24) is 0 Å². The molecule has 0 unspecified atom stereocenters. The van der Waals surface area contributed by atoms with Gasteiger partial charge in [-0.25, -0.2) is 0 Å². The fraction of sp³-hybridized carbons (Fsp3) is 0.500. The fourth-order valence-electron chi connectivity index (χ4n) is 2.04. The predicted octanol–water partition coefficient (Wildman–Crippen LogP) is 3.26. The summed E-state index contributed by atoms with van der Waals surface area (Å²) in [6, 6.07) is 7.80. The second-order valence-electron chi connectivity index (χ2n) is 4.33. The summed E-state index contributed by atoms with van der Waals surface area (Å²) >= 11 is 0. The molecule has 0 spiro atoms. The Hall–Kier alpha value is -1.51. The molecule has 3 nitrogen and oxygen atoms in total. The predicted molar refractivity (Wildman–Crippen MR) is 67.2 cm³/mol. The molecule has 91 valence electrons. The zero-order valence-electron chi connectivity index (χ0n) is 10.2. The lowest BCUT2D eigenvalue weighted by Crippen LogP contribution is -1.95. The minimum absolute atomic E-state index is 0.469. The summed E-state index contributed by atoms with van der Waals surface area (Å²) in [5.41, 5.74) is 1.06. The highest BCUT2D eigenvalue weighted by atomic mass is 16.6. The molecular weight excluding hydrogens is 214 g/mol. The van der Waals surface area contributed by atoms with Gasteiger partial charge in [0.15, 0.2) is 0 Å². The third-order valence-corrected chi connectivity index (χ3v) is 3.02. The van der Waals surface area contributed by atoms with Crippen LogP contribution in [-0.4, -0.2) is 13.3 Å². The molecule has 0 saturated heterocycles. The molecule has 0 aromatic heterocycles. The summed E-state index contributed by atoms with van der Waals surface area (Å²) in [7, 11) is 1.66. The van der Waals surface area contributed by atoms with Crippen molar-refractivity contribution < 1.29 is 9.57 Å². The van der Waals surface area contributed by atoms with Gasteiger partial charge in [-0.2, -0.15) is 0 Å². The van der Waals surface area contributed by atoms with Gasteiger partial charge in [0, 0.05) is 5.92 Å². The maximum absolute atomic E-state index is 5.24. The summed E-state index contributed by atoms with van der Waals surface area (Å²) in [5.74, 6) is 1.34. The van der Waals surface area contributed by atoms with Crippen LogP contribution in [0.4, 0.5) is 0 Å². The van der Waals surface area contributed by atoms with Crippen LogP contribution in [0.1, 0.15) is 31.2 Å². The van der Waals surface area contributed by atoms with Crippen LogP contribution in [0.15, 0.2) is 29.4 Å². The normalized spacial score (nSPS) is 16.5. The molecule has 1 fully saturated rings. The van der Waals surface area contributed by atoms with Crippen molar-refractivity contribution >= 4 is 6.21 Å². The maximum atomic E-state index is 5.24. The van der Waals surface area contributed by atoms with Crippen molar-refractivity contribution in [3.63, 3.8) is 0 Å². The Morgan fingerprint density at radius 1 is 1.35 bits per heavy atom. The molecule has 1 aliphatic carbocycles. The van der Waals surface area contributed by atoms with Crippen LogP contribution in [0.3, 0.4) is 0 Å². The fourth-order valence-corrected chi connectivity index (χ4v) is 2.04. The lowest BCUT2D eigenvalue weighted by Gasteiger charge is -2.03. The van der Waals surface area contributed by atoms with Crippen LogP contribution in [-0.2, 0) is 11.4 Å². The monoisotopic (exact) mass is 232 g/mol. The lowest BCUT2D eigenvalue weighted by molar-refractivity contribution is 0.130. The van der Waals surface area contributed by atoms with E-state index in [0.717, 1.165) is 11.3 Å². The first-order chi connectivity index (χ1) is 8.38. The molecule has 0 aliphatic heterocycles. The van der Waals surface area contributed by atoms with E-state index < -0.39 is 0 Å². The molecule has 1 aromatic rings. The highest BCUT2D eigenvalue weighted by Crippen LogP contribution is 2.22. The van der Waals surface area contributed by atoms with E-state index in [1.807, 2.05) is 24.3 Å². The molecule has 1 radical (unpaired) electrons.